The molecule has 0 aliphatic carbocycles. The van der Waals surface area contributed by atoms with Gasteiger partial charge in [0, 0.05) is 6.08 Å². The Hall–Kier alpha value is -1.62. The van der Waals surface area contributed by atoms with Gasteiger partial charge in [0.2, 0.25) is 0 Å². The van der Waals surface area contributed by atoms with Crippen LogP contribution in [-0.2, 0) is 14.3 Å². The number of allylic oxidation sites excluding steroid dienone is 3. The van der Waals surface area contributed by atoms with Crippen LogP contribution in [0.5, 0.6) is 0 Å². The van der Waals surface area contributed by atoms with Crippen molar-refractivity contribution in [1.82, 2.24) is 0 Å². The lowest BCUT2D eigenvalue weighted by Gasteiger charge is -2.28. The number of aliphatic carboxylic acids is 1. The summed E-state index contributed by atoms with van der Waals surface area (Å²) in [6, 6.07) is 0. The summed E-state index contributed by atoms with van der Waals surface area (Å²) in [6.45, 7) is 2.72. The molecule has 1 unspecified atom stereocenters. The molecule has 0 aromatic heterocycles. The number of carboxylic acids is 1. The van der Waals surface area contributed by atoms with Crippen molar-refractivity contribution in [2.24, 2.45) is 0 Å². The lowest BCUT2D eigenvalue weighted by atomic mass is 10.1. The van der Waals surface area contributed by atoms with E-state index < -0.39 is 18.0 Å². The molecule has 0 radical (unpaired) electrons. The van der Waals surface area contributed by atoms with E-state index in [0.29, 0.717) is 11.0 Å². The molecule has 5 nitrogen and oxygen atoms in total. The van der Waals surface area contributed by atoms with E-state index in [1.807, 2.05) is 27.2 Å². The molecule has 5 heteroatoms. The molecule has 0 aliphatic heterocycles. The van der Waals surface area contributed by atoms with Gasteiger partial charge in [0.25, 0.3) is 0 Å². The van der Waals surface area contributed by atoms with Gasteiger partial charge in [0.1, 0.15) is 6.54 Å². The number of carboxylic acid groups (broad SMARTS) is 1. The first-order chi connectivity index (χ1) is 14.2. The van der Waals surface area contributed by atoms with Crippen molar-refractivity contribution >= 4 is 11.9 Å². The molecule has 0 rings (SSSR count). The van der Waals surface area contributed by atoms with Crippen LogP contribution in [-0.4, -0.2) is 55.3 Å². The number of ether oxygens (including phenoxy) is 1. The van der Waals surface area contributed by atoms with Gasteiger partial charge in [0.05, 0.1) is 27.6 Å². The van der Waals surface area contributed by atoms with Crippen molar-refractivity contribution in [3.05, 3.63) is 24.3 Å². The highest BCUT2D eigenvalue weighted by molar-refractivity contribution is 5.82. The van der Waals surface area contributed by atoms with Gasteiger partial charge < -0.3 is 14.3 Å². The van der Waals surface area contributed by atoms with E-state index in [4.69, 9.17) is 9.84 Å². The Kier molecular flexibility index (Phi) is 17.2. The number of hydrogen-bond acceptors (Lipinski definition) is 3. The maximum atomic E-state index is 11.9. The van der Waals surface area contributed by atoms with Gasteiger partial charge in [-0.25, -0.2) is 4.79 Å². The Morgan fingerprint density at radius 1 is 0.867 bits per heavy atom. The number of likely N-dealkylation sites (N-methyl/N-ethyl adjacent to an activating group) is 1. The van der Waals surface area contributed by atoms with Crippen molar-refractivity contribution in [3.63, 3.8) is 0 Å². The monoisotopic (exact) mass is 424 g/mol. The van der Waals surface area contributed by atoms with E-state index in [2.05, 4.69) is 13.0 Å². The maximum absolute atomic E-state index is 11.9. The van der Waals surface area contributed by atoms with E-state index in [1.54, 1.807) is 6.08 Å². The van der Waals surface area contributed by atoms with Crippen molar-refractivity contribution in [3.8, 4) is 0 Å². The van der Waals surface area contributed by atoms with Crippen molar-refractivity contribution in [2.75, 3.05) is 27.7 Å². The van der Waals surface area contributed by atoms with E-state index in [1.165, 1.54) is 76.7 Å². The molecule has 1 atom stereocenters. The quantitative estimate of drug-likeness (QED) is 0.0923. The van der Waals surface area contributed by atoms with E-state index in [9.17, 15) is 9.59 Å². The maximum Gasteiger partial charge on any atom is 0.331 e. The minimum atomic E-state index is -0.961. The summed E-state index contributed by atoms with van der Waals surface area (Å²) >= 11 is 0. The average molecular weight is 425 g/mol. The van der Waals surface area contributed by atoms with Gasteiger partial charge in [-0.05, 0) is 12.8 Å². The molecule has 174 valence electrons. The molecule has 0 aromatic carbocycles. The second-order valence-electron chi connectivity index (χ2n) is 9.24. The predicted molar refractivity (Wildman–Crippen MR) is 124 cm³/mol. The zero-order valence-electron chi connectivity index (χ0n) is 19.9. The van der Waals surface area contributed by atoms with Gasteiger partial charge in [-0.3, -0.25) is 4.79 Å². The van der Waals surface area contributed by atoms with E-state index in [-0.39, 0.29) is 6.42 Å². The fraction of sp³-hybridized carbons (Fsp3) is 0.760. The third-order valence-corrected chi connectivity index (χ3v) is 4.89. The number of quaternary nitrogens is 1. The van der Waals surface area contributed by atoms with Crippen molar-refractivity contribution in [1.29, 1.82) is 0 Å². The van der Waals surface area contributed by atoms with E-state index in [0.717, 1.165) is 6.42 Å². The smallest absolute Gasteiger partial charge is 0.331 e. The number of carbonyl (C=O) groups is 2. The van der Waals surface area contributed by atoms with Crippen molar-refractivity contribution < 1.29 is 23.9 Å². The Morgan fingerprint density at radius 2 is 1.40 bits per heavy atom. The molecule has 0 saturated heterocycles. The number of unbranched alkanes of at least 4 members (excludes halogenated alkanes) is 11. The van der Waals surface area contributed by atoms with Crippen LogP contribution in [0.15, 0.2) is 24.3 Å². The number of nitrogens with zero attached hydrogens (tertiary/aromatic N) is 1. The van der Waals surface area contributed by atoms with Gasteiger partial charge in [-0.2, -0.15) is 0 Å². The van der Waals surface area contributed by atoms with E-state index >= 15 is 0 Å². The summed E-state index contributed by atoms with van der Waals surface area (Å²) in [7, 11) is 5.82. The number of carbonyl (C=O) groups excluding carboxylic acids is 1. The fourth-order valence-electron chi connectivity index (χ4n) is 3.39. The van der Waals surface area contributed by atoms with Gasteiger partial charge in [-0.1, -0.05) is 89.4 Å². The molecular weight excluding hydrogens is 378 g/mol. The van der Waals surface area contributed by atoms with Gasteiger partial charge in [-0.15, -0.1) is 0 Å². The molecule has 0 saturated carbocycles. The Labute approximate surface area is 184 Å². The second kappa shape index (κ2) is 18.2. The largest absolute Gasteiger partial charge is 0.481 e. The lowest BCUT2D eigenvalue weighted by Crippen LogP contribution is -2.43. The molecule has 0 fully saturated rings. The highest BCUT2D eigenvalue weighted by Crippen LogP contribution is 2.12. The first-order valence-electron chi connectivity index (χ1n) is 11.8. The number of esters is 1. The van der Waals surface area contributed by atoms with Crippen LogP contribution in [0, 0.1) is 0 Å². The third kappa shape index (κ3) is 21.1. The standard InChI is InChI=1S/C25H45NO4/c1-5-6-7-8-9-10-11-12-13-14-15-16-17-18-19-20-25(29)30-23(21-24(27)28)22-26(2,3)4/h17-20,23H,5-16,21-22H2,1-4H3/p+1. The average Bonchev–Trinajstić information content (AvgIpc) is 2.63. The normalized spacial score (nSPS) is 13.2. The zero-order chi connectivity index (χ0) is 22.7. The van der Waals surface area contributed by atoms with Crippen LogP contribution in [0.1, 0.15) is 90.4 Å². The van der Waals surface area contributed by atoms with Crippen LogP contribution in [0.2, 0.25) is 0 Å². The topological polar surface area (TPSA) is 63.6 Å². The Morgan fingerprint density at radius 3 is 1.90 bits per heavy atom. The highest BCUT2D eigenvalue weighted by Gasteiger charge is 2.23. The van der Waals surface area contributed by atoms with Gasteiger partial charge >= 0.3 is 11.9 Å². The summed E-state index contributed by atoms with van der Waals surface area (Å²) in [4.78, 5) is 22.9. The summed E-state index contributed by atoms with van der Waals surface area (Å²) in [5.41, 5.74) is 0. The summed E-state index contributed by atoms with van der Waals surface area (Å²) < 4.78 is 5.84. The number of hydrogen-bond donors (Lipinski definition) is 1. The molecule has 0 bridgehead atoms. The van der Waals surface area contributed by atoms with Crippen LogP contribution >= 0.6 is 0 Å². The first-order valence-corrected chi connectivity index (χ1v) is 11.8. The SMILES string of the molecule is CCCCCCCCCCCCCC=CC=CC(=O)OC(CC(=O)O)C[N+](C)(C)C. The highest BCUT2D eigenvalue weighted by atomic mass is 16.5. The van der Waals surface area contributed by atoms with Crippen LogP contribution in [0.3, 0.4) is 0 Å². The fourth-order valence-corrected chi connectivity index (χ4v) is 3.39. The molecular formula is C25H46NO4+. The second-order valence-corrected chi connectivity index (χ2v) is 9.24. The first kappa shape index (κ1) is 28.4. The minimum absolute atomic E-state index is 0.177. The van der Waals surface area contributed by atoms with Crippen LogP contribution in [0.25, 0.3) is 0 Å². The molecule has 0 amide bonds. The van der Waals surface area contributed by atoms with Crippen LogP contribution < -0.4 is 0 Å². The molecule has 0 heterocycles. The summed E-state index contributed by atoms with van der Waals surface area (Å²) in [5.74, 6) is -1.45. The summed E-state index contributed by atoms with van der Waals surface area (Å²) in [5, 5.41) is 8.98. The van der Waals surface area contributed by atoms with Gasteiger partial charge in [0.15, 0.2) is 6.10 Å². The molecule has 0 spiro atoms. The molecule has 0 aliphatic rings. The molecule has 30 heavy (non-hydrogen) atoms. The predicted octanol–water partition coefficient (Wildman–Crippen LogP) is 5.89. The zero-order valence-corrected chi connectivity index (χ0v) is 19.9. The molecule has 1 N–H and O–H groups in total. The minimum Gasteiger partial charge on any atom is -0.481 e. The Bertz CT molecular complexity index is 506. The van der Waals surface area contributed by atoms with Crippen molar-refractivity contribution in [2.45, 2.75) is 96.5 Å². The lowest BCUT2D eigenvalue weighted by molar-refractivity contribution is -0.873. The third-order valence-electron chi connectivity index (χ3n) is 4.89. The number of rotatable bonds is 19. The van der Waals surface area contributed by atoms with Crippen LogP contribution in [0.4, 0.5) is 0 Å². The Balaban J connectivity index is 3.81. The molecule has 0 aromatic rings. The summed E-state index contributed by atoms with van der Waals surface area (Å²) in [6.07, 6.45) is 21.9.